The van der Waals surface area contributed by atoms with Gasteiger partial charge in [0.05, 0.1) is 0 Å². The lowest BCUT2D eigenvalue weighted by Gasteiger charge is -2.23. The third kappa shape index (κ3) is 3.36. The molecule has 2 aromatic carbocycles. The lowest BCUT2D eigenvalue weighted by molar-refractivity contribution is 0.0901. The zero-order valence-corrected chi connectivity index (χ0v) is 13.7. The van der Waals surface area contributed by atoms with Gasteiger partial charge in [-0.3, -0.25) is 4.79 Å². The zero-order chi connectivity index (χ0) is 17.1. The molecule has 0 amide bonds. The number of benzene rings is 2. The lowest BCUT2D eigenvalue weighted by atomic mass is 9.88. The molecule has 0 bridgehead atoms. The number of hydrogen-bond donors (Lipinski definition) is 0. The zero-order valence-electron chi connectivity index (χ0n) is 12.9. The number of hydrogen-bond acceptors (Lipinski definition) is 3. The van der Waals surface area contributed by atoms with Gasteiger partial charge in [-0.25, -0.2) is 14.1 Å². The summed E-state index contributed by atoms with van der Waals surface area (Å²) in [6.07, 6.45) is 2.90. The van der Waals surface area contributed by atoms with E-state index in [1.54, 1.807) is 36.4 Å². The normalized spacial score (nSPS) is 13.5. The second-order valence-corrected chi connectivity index (χ2v) is 5.97. The van der Waals surface area contributed by atoms with Gasteiger partial charge in [0.1, 0.15) is 24.5 Å². The summed E-state index contributed by atoms with van der Waals surface area (Å²) in [6.45, 7) is 1.91. The minimum Gasteiger partial charge on any atom is -0.292 e. The maximum absolute atomic E-state index is 13.2. The Bertz CT molecular complexity index is 816. The molecular weight excluding hydrogens is 329 g/mol. The molecule has 122 valence electrons. The van der Waals surface area contributed by atoms with Crippen molar-refractivity contribution in [1.29, 1.82) is 0 Å². The van der Waals surface area contributed by atoms with Crippen molar-refractivity contribution in [2.24, 2.45) is 0 Å². The van der Waals surface area contributed by atoms with Gasteiger partial charge in [0, 0.05) is 16.5 Å². The molecule has 0 saturated heterocycles. The van der Waals surface area contributed by atoms with Crippen molar-refractivity contribution in [2.75, 3.05) is 0 Å². The van der Waals surface area contributed by atoms with Crippen LogP contribution in [0.15, 0.2) is 61.2 Å². The summed E-state index contributed by atoms with van der Waals surface area (Å²) in [6, 6.07) is 12.3. The predicted molar refractivity (Wildman–Crippen MR) is 89.7 cm³/mol. The predicted octanol–water partition coefficient (Wildman–Crippen LogP) is 4.30. The van der Waals surface area contributed by atoms with Crippen LogP contribution in [-0.2, 0) is 0 Å². The lowest BCUT2D eigenvalue weighted by Crippen LogP contribution is -2.25. The van der Waals surface area contributed by atoms with E-state index in [1.165, 1.54) is 29.5 Å². The molecule has 4 nitrogen and oxygen atoms in total. The summed E-state index contributed by atoms with van der Waals surface area (Å²) in [5.41, 5.74) is 1.38. The number of carbonyl (C=O) groups excluding carboxylic acids is 1. The van der Waals surface area contributed by atoms with Crippen LogP contribution in [0.25, 0.3) is 0 Å². The Balaban J connectivity index is 1.99. The molecule has 2 unspecified atom stereocenters. The number of Topliss-reactive ketones (excluding diaryl/α,β-unsaturated/α-hetero) is 1. The number of rotatable bonds is 5. The van der Waals surface area contributed by atoms with Gasteiger partial charge in [-0.2, -0.15) is 5.10 Å². The Morgan fingerprint density at radius 1 is 1.12 bits per heavy atom. The molecule has 3 rings (SSSR count). The highest BCUT2D eigenvalue weighted by Crippen LogP contribution is 2.31. The molecule has 0 saturated carbocycles. The maximum Gasteiger partial charge on any atom is 0.188 e. The third-order valence-electron chi connectivity index (χ3n) is 3.99. The monoisotopic (exact) mass is 343 g/mol. The molecule has 0 spiro atoms. The summed E-state index contributed by atoms with van der Waals surface area (Å²) in [5, 5.41) is 4.69. The van der Waals surface area contributed by atoms with E-state index in [-0.39, 0.29) is 17.5 Å². The molecule has 6 heteroatoms. The molecule has 0 aliphatic carbocycles. The highest BCUT2D eigenvalue weighted by molar-refractivity contribution is 6.30. The molecule has 0 aliphatic heterocycles. The van der Waals surface area contributed by atoms with Gasteiger partial charge >= 0.3 is 0 Å². The number of aromatic nitrogens is 3. The Morgan fingerprint density at radius 3 is 2.38 bits per heavy atom. The van der Waals surface area contributed by atoms with E-state index < -0.39 is 6.04 Å². The van der Waals surface area contributed by atoms with Crippen molar-refractivity contribution in [3.05, 3.63) is 83.2 Å². The van der Waals surface area contributed by atoms with Gasteiger partial charge < -0.3 is 0 Å². The molecule has 0 fully saturated rings. The van der Waals surface area contributed by atoms with Gasteiger partial charge in [-0.15, -0.1) is 0 Å². The average Bonchev–Trinajstić information content (AvgIpc) is 3.10. The summed E-state index contributed by atoms with van der Waals surface area (Å²) in [7, 11) is 0. The van der Waals surface area contributed by atoms with Gasteiger partial charge in [0.25, 0.3) is 0 Å². The average molecular weight is 344 g/mol. The first-order valence-corrected chi connectivity index (χ1v) is 7.83. The van der Waals surface area contributed by atoms with E-state index in [0.717, 1.165) is 5.56 Å². The van der Waals surface area contributed by atoms with Gasteiger partial charge in [-0.05, 0) is 42.0 Å². The van der Waals surface area contributed by atoms with Crippen LogP contribution in [0.2, 0.25) is 5.02 Å². The Labute approximate surface area is 143 Å². The van der Waals surface area contributed by atoms with Crippen molar-refractivity contribution in [1.82, 2.24) is 14.8 Å². The van der Waals surface area contributed by atoms with Crippen molar-refractivity contribution >= 4 is 17.4 Å². The minimum absolute atomic E-state index is 0.103. The number of nitrogens with zero attached hydrogens (tertiary/aromatic N) is 3. The van der Waals surface area contributed by atoms with Crippen LogP contribution in [0.5, 0.6) is 0 Å². The molecule has 3 aromatic rings. The minimum atomic E-state index is -0.584. The first-order valence-electron chi connectivity index (χ1n) is 7.45. The fourth-order valence-corrected chi connectivity index (χ4v) is 2.80. The number of carbonyl (C=O) groups is 1. The van der Waals surface area contributed by atoms with Gasteiger partial charge in [-0.1, -0.05) is 30.7 Å². The molecule has 24 heavy (non-hydrogen) atoms. The van der Waals surface area contributed by atoms with Crippen molar-refractivity contribution in [3.63, 3.8) is 0 Å². The fraction of sp³-hybridized carbons (Fsp3) is 0.167. The van der Waals surface area contributed by atoms with E-state index in [0.29, 0.717) is 10.6 Å². The first-order chi connectivity index (χ1) is 11.6. The molecule has 0 N–H and O–H groups in total. The second kappa shape index (κ2) is 6.93. The standard InChI is InChI=1S/C18H15ClFN3O/c1-12(13-4-8-16(20)9-5-13)17(23-11-21-10-22-23)18(24)14-2-6-15(19)7-3-14/h2-12,17H,1H3. The van der Waals surface area contributed by atoms with Crippen molar-refractivity contribution in [2.45, 2.75) is 18.9 Å². The van der Waals surface area contributed by atoms with Gasteiger partial charge in [0.15, 0.2) is 5.78 Å². The van der Waals surface area contributed by atoms with Crippen LogP contribution >= 0.6 is 11.6 Å². The first kappa shape index (κ1) is 16.3. The van der Waals surface area contributed by atoms with E-state index >= 15 is 0 Å². The summed E-state index contributed by atoms with van der Waals surface area (Å²) >= 11 is 5.89. The smallest absolute Gasteiger partial charge is 0.188 e. The Kier molecular flexibility index (Phi) is 4.71. The number of ketones is 1. The molecule has 1 heterocycles. The topological polar surface area (TPSA) is 47.8 Å². The summed E-state index contributed by atoms with van der Waals surface area (Å²) in [5.74, 6) is -0.628. The van der Waals surface area contributed by atoms with Crippen LogP contribution in [0.1, 0.15) is 34.8 Å². The van der Waals surface area contributed by atoms with E-state index in [4.69, 9.17) is 11.6 Å². The van der Waals surface area contributed by atoms with E-state index in [2.05, 4.69) is 10.1 Å². The second-order valence-electron chi connectivity index (χ2n) is 5.53. The van der Waals surface area contributed by atoms with Gasteiger partial charge in [0.2, 0.25) is 0 Å². The highest BCUT2D eigenvalue weighted by Gasteiger charge is 2.29. The van der Waals surface area contributed by atoms with Crippen molar-refractivity contribution in [3.8, 4) is 0 Å². The van der Waals surface area contributed by atoms with Crippen LogP contribution in [0, 0.1) is 5.82 Å². The van der Waals surface area contributed by atoms with Crippen LogP contribution in [0.4, 0.5) is 4.39 Å². The molecule has 0 radical (unpaired) electrons. The van der Waals surface area contributed by atoms with Crippen molar-refractivity contribution < 1.29 is 9.18 Å². The summed E-state index contributed by atoms with van der Waals surface area (Å²) < 4.78 is 14.7. The maximum atomic E-state index is 13.2. The van der Waals surface area contributed by atoms with Crippen LogP contribution in [-0.4, -0.2) is 20.5 Å². The quantitative estimate of drug-likeness (QED) is 0.649. The number of halogens is 2. The highest BCUT2D eigenvalue weighted by atomic mass is 35.5. The third-order valence-corrected chi connectivity index (χ3v) is 4.24. The molecule has 2 atom stereocenters. The SMILES string of the molecule is CC(c1ccc(F)cc1)C(C(=O)c1ccc(Cl)cc1)n1cncn1. The largest absolute Gasteiger partial charge is 0.292 e. The summed E-state index contributed by atoms with van der Waals surface area (Å²) in [4.78, 5) is 17.0. The molecule has 1 aromatic heterocycles. The van der Waals surface area contributed by atoms with E-state index in [9.17, 15) is 9.18 Å². The Hall–Kier alpha value is -2.53. The van der Waals surface area contributed by atoms with E-state index in [1.807, 2.05) is 6.92 Å². The Morgan fingerprint density at radius 2 is 1.79 bits per heavy atom. The molecular formula is C18H15ClFN3O. The molecule has 0 aliphatic rings. The van der Waals surface area contributed by atoms with Crippen LogP contribution < -0.4 is 0 Å². The fourth-order valence-electron chi connectivity index (χ4n) is 2.67. The van der Waals surface area contributed by atoms with Crippen LogP contribution in [0.3, 0.4) is 0 Å².